The monoisotopic (exact) mass is 380 g/mol. The predicted molar refractivity (Wildman–Crippen MR) is 99.5 cm³/mol. The van der Waals surface area contributed by atoms with E-state index in [0.29, 0.717) is 55.6 Å². The molecule has 142 valence electrons. The molecule has 0 atom stereocenters. The van der Waals surface area contributed by atoms with Gasteiger partial charge in [0.15, 0.2) is 5.75 Å². The highest BCUT2D eigenvalue weighted by molar-refractivity contribution is 6.32. The maximum Gasteiger partial charge on any atom is 0.227 e. The number of hydrogen-bond acceptors (Lipinski definition) is 4. The number of hydrogen-bond donors (Lipinski definition) is 1. The average molecular weight is 381 g/mol. The number of halogens is 1. The lowest BCUT2D eigenvalue weighted by molar-refractivity contribution is -0.135. The number of piperidine rings is 1. The van der Waals surface area contributed by atoms with Gasteiger partial charge in [-0.1, -0.05) is 17.7 Å². The van der Waals surface area contributed by atoms with Crippen molar-refractivity contribution in [3.05, 3.63) is 23.2 Å². The SMILES string of the molecule is COCCOc1c(Cl)cccc1NC(=O)C1CCN(C(=O)C2CC2)CC1. The molecule has 2 aliphatic rings. The van der Waals surface area contributed by atoms with Crippen molar-refractivity contribution in [3.8, 4) is 5.75 Å². The van der Waals surface area contributed by atoms with E-state index < -0.39 is 0 Å². The first-order valence-corrected chi connectivity index (χ1v) is 9.48. The quantitative estimate of drug-likeness (QED) is 0.738. The molecule has 3 rings (SSSR count). The number of likely N-dealkylation sites (tertiary alicyclic amines) is 1. The summed E-state index contributed by atoms with van der Waals surface area (Å²) in [5.41, 5.74) is 0.565. The molecule has 0 unspecified atom stereocenters. The van der Waals surface area contributed by atoms with Crippen molar-refractivity contribution in [1.29, 1.82) is 0 Å². The molecule has 0 bridgehead atoms. The van der Waals surface area contributed by atoms with Crippen LogP contribution in [0.25, 0.3) is 0 Å². The van der Waals surface area contributed by atoms with Crippen LogP contribution in [-0.2, 0) is 14.3 Å². The minimum absolute atomic E-state index is 0.0534. The normalized spacial score (nSPS) is 17.8. The van der Waals surface area contributed by atoms with Crippen LogP contribution < -0.4 is 10.1 Å². The Morgan fingerprint density at radius 2 is 1.88 bits per heavy atom. The summed E-state index contributed by atoms with van der Waals surface area (Å²) in [5.74, 6) is 0.790. The van der Waals surface area contributed by atoms with Gasteiger partial charge in [0.1, 0.15) is 6.61 Å². The lowest BCUT2D eigenvalue weighted by atomic mass is 9.95. The number of benzene rings is 1. The van der Waals surface area contributed by atoms with Gasteiger partial charge in [0.25, 0.3) is 0 Å². The number of para-hydroxylation sites is 1. The number of amides is 2. The fourth-order valence-electron chi connectivity index (χ4n) is 3.17. The third kappa shape index (κ3) is 4.68. The number of rotatable bonds is 7. The van der Waals surface area contributed by atoms with Gasteiger partial charge in [-0.05, 0) is 37.8 Å². The molecule has 7 heteroatoms. The fraction of sp³-hybridized carbons (Fsp3) is 0.579. The minimum Gasteiger partial charge on any atom is -0.487 e. The van der Waals surface area contributed by atoms with Crippen molar-refractivity contribution in [2.75, 3.05) is 38.7 Å². The highest BCUT2D eigenvalue weighted by atomic mass is 35.5. The van der Waals surface area contributed by atoms with E-state index in [1.807, 2.05) is 4.90 Å². The van der Waals surface area contributed by atoms with Gasteiger partial charge in [-0.25, -0.2) is 0 Å². The summed E-state index contributed by atoms with van der Waals surface area (Å²) in [6, 6.07) is 5.27. The van der Waals surface area contributed by atoms with Crippen LogP contribution in [0.3, 0.4) is 0 Å². The topological polar surface area (TPSA) is 67.9 Å². The average Bonchev–Trinajstić information content (AvgIpc) is 3.49. The van der Waals surface area contributed by atoms with Gasteiger partial charge in [-0.3, -0.25) is 9.59 Å². The molecule has 1 saturated heterocycles. The minimum atomic E-state index is -0.107. The number of nitrogens with zero attached hydrogens (tertiary/aromatic N) is 1. The number of anilines is 1. The molecular weight excluding hydrogens is 356 g/mol. The largest absolute Gasteiger partial charge is 0.487 e. The molecule has 1 aromatic rings. The Balaban J connectivity index is 1.56. The summed E-state index contributed by atoms with van der Waals surface area (Å²) in [6.45, 7) is 2.09. The van der Waals surface area contributed by atoms with Crippen molar-refractivity contribution < 1.29 is 19.1 Å². The standard InChI is InChI=1S/C19H25ClN2O4/c1-25-11-12-26-17-15(20)3-2-4-16(17)21-18(23)13-7-9-22(10-8-13)19(24)14-5-6-14/h2-4,13-14H,5-12H2,1H3,(H,21,23). The Morgan fingerprint density at radius 1 is 1.15 bits per heavy atom. The Bertz CT molecular complexity index is 655. The van der Waals surface area contributed by atoms with Crippen LogP contribution in [0, 0.1) is 11.8 Å². The van der Waals surface area contributed by atoms with Crippen LogP contribution in [-0.4, -0.2) is 50.1 Å². The van der Waals surface area contributed by atoms with E-state index in [4.69, 9.17) is 21.1 Å². The number of methoxy groups -OCH3 is 1. The first kappa shape index (κ1) is 19.0. The van der Waals surface area contributed by atoms with E-state index in [2.05, 4.69) is 5.32 Å². The predicted octanol–water partition coefficient (Wildman–Crippen LogP) is 2.95. The van der Waals surface area contributed by atoms with Crippen LogP contribution in [0.5, 0.6) is 5.75 Å². The summed E-state index contributed by atoms with van der Waals surface area (Å²) in [5, 5.41) is 3.38. The summed E-state index contributed by atoms with van der Waals surface area (Å²) in [7, 11) is 1.60. The van der Waals surface area contributed by atoms with E-state index in [0.717, 1.165) is 12.8 Å². The Labute approximate surface area is 158 Å². The van der Waals surface area contributed by atoms with Gasteiger partial charge in [0, 0.05) is 32.0 Å². The molecule has 1 saturated carbocycles. The lowest BCUT2D eigenvalue weighted by Gasteiger charge is -2.31. The van der Waals surface area contributed by atoms with Gasteiger partial charge in [-0.15, -0.1) is 0 Å². The summed E-state index contributed by atoms with van der Waals surface area (Å²) in [6.07, 6.45) is 3.40. The van der Waals surface area contributed by atoms with Crippen molar-refractivity contribution in [1.82, 2.24) is 4.90 Å². The first-order valence-electron chi connectivity index (χ1n) is 9.10. The number of ether oxygens (including phenoxy) is 2. The zero-order chi connectivity index (χ0) is 18.5. The maximum atomic E-state index is 12.6. The number of carbonyl (C=O) groups is 2. The molecule has 26 heavy (non-hydrogen) atoms. The van der Waals surface area contributed by atoms with Gasteiger partial charge < -0.3 is 19.7 Å². The van der Waals surface area contributed by atoms with Crippen LogP contribution in [0.4, 0.5) is 5.69 Å². The van der Waals surface area contributed by atoms with E-state index in [1.165, 1.54) is 0 Å². The van der Waals surface area contributed by atoms with Crippen molar-refractivity contribution in [2.45, 2.75) is 25.7 Å². The maximum absolute atomic E-state index is 12.6. The molecule has 0 radical (unpaired) electrons. The Hall–Kier alpha value is -1.79. The highest BCUT2D eigenvalue weighted by Gasteiger charge is 2.36. The molecule has 0 spiro atoms. The van der Waals surface area contributed by atoms with E-state index in [9.17, 15) is 9.59 Å². The summed E-state index contributed by atoms with van der Waals surface area (Å²) < 4.78 is 10.6. The van der Waals surface area contributed by atoms with E-state index in [-0.39, 0.29) is 23.7 Å². The van der Waals surface area contributed by atoms with Crippen LogP contribution >= 0.6 is 11.6 Å². The molecule has 0 aromatic heterocycles. The van der Waals surface area contributed by atoms with Gasteiger partial charge in [0.2, 0.25) is 11.8 Å². The molecule has 1 aromatic carbocycles. The number of carbonyl (C=O) groups excluding carboxylic acids is 2. The third-order valence-corrected chi connectivity index (χ3v) is 5.16. The van der Waals surface area contributed by atoms with Crippen LogP contribution in [0.2, 0.25) is 5.02 Å². The van der Waals surface area contributed by atoms with Gasteiger partial charge >= 0.3 is 0 Å². The molecule has 1 N–H and O–H groups in total. The zero-order valence-corrected chi connectivity index (χ0v) is 15.8. The van der Waals surface area contributed by atoms with Crippen molar-refractivity contribution in [3.63, 3.8) is 0 Å². The first-order chi connectivity index (χ1) is 12.6. The van der Waals surface area contributed by atoms with Crippen LogP contribution in [0.15, 0.2) is 18.2 Å². The fourth-order valence-corrected chi connectivity index (χ4v) is 3.40. The smallest absolute Gasteiger partial charge is 0.227 e. The summed E-state index contributed by atoms with van der Waals surface area (Å²) in [4.78, 5) is 26.7. The molecule has 2 amide bonds. The second kappa shape index (κ2) is 8.73. The molecule has 1 heterocycles. The van der Waals surface area contributed by atoms with Crippen molar-refractivity contribution in [2.24, 2.45) is 11.8 Å². The lowest BCUT2D eigenvalue weighted by Crippen LogP contribution is -2.42. The molecule has 1 aliphatic heterocycles. The van der Waals surface area contributed by atoms with E-state index >= 15 is 0 Å². The van der Waals surface area contributed by atoms with Crippen LogP contribution in [0.1, 0.15) is 25.7 Å². The second-order valence-corrected chi connectivity index (χ2v) is 7.23. The van der Waals surface area contributed by atoms with Crippen molar-refractivity contribution >= 4 is 29.1 Å². The summed E-state index contributed by atoms with van der Waals surface area (Å²) >= 11 is 6.21. The second-order valence-electron chi connectivity index (χ2n) is 6.82. The number of nitrogens with one attached hydrogen (secondary N) is 1. The Morgan fingerprint density at radius 3 is 2.54 bits per heavy atom. The molecular formula is C19H25ClN2O4. The van der Waals surface area contributed by atoms with E-state index in [1.54, 1.807) is 25.3 Å². The molecule has 2 fully saturated rings. The zero-order valence-electron chi connectivity index (χ0n) is 15.0. The molecule has 6 nitrogen and oxygen atoms in total. The Kier molecular flexibility index (Phi) is 6.38. The van der Waals surface area contributed by atoms with Gasteiger partial charge in [-0.2, -0.15) is 0 Å². The third-order valence-electron chi connectivity index (χ3n) is 4.86. The molecule has 1 aliphatic carbocycles. The van der Waals surface area contributed by atoms with Gasteiger partial charge in [0.05, 0.1) is 17.3 Å². The highest BCUT2D eigenvalue weighted by Crippen LogP contribution is 2.35.